The maximum atomic E-state index is 4.90. The average molecular weight is 49.7 g/mol. The second-order valence-corrected chi connectivity index (χ2v) is 0.577. The van der Waals surface area contributed by atoms with Gasteiger partial charge in [-0.1, -0.05) is 0 Å². The smallest absolute Gasteiger partial charge is 0.315 e. The van der Waals surface area contributed by atoms with E-state index in [0.29, 0.717) is 12.6 Å². The van der Waals surface area contributed by atoms with Gasteiger partial charge in [0.1, 0.15) is 0 Å². The predicted octanol–water partition coefficient (Wildman–Crippen LogP) is 0.160. The molecule has 0 aromatic carbocycles. The van der Waals surface area contributed by atoms with Crippen molar-refractivity contribution in [2.75, 3.05) is 0 Å². The lowest BCUT2D eigenvalue weighted by molar-refractivity contribution is 1.46. The molecule has 2 heteroatoms. The molecule has 0 nitrogen and oxygen atoms in total. The maximum absolute atomic E-state index is 4.90. The fourth-order valence-electron chi connectivity index (χ4n) is 0. The van der Waals surface area contributed by atoms with Crippen molar-refractivity contribution in [3.05, 3.63) is 0 Å². The Labute approximate surface area is 29.4 Å². The predicted molar refractivity (Wildman–Crippen MR) is 21.1 cm³/mol. The Morgan fingerprint density at radius 1 is 1.00 bits per heavy atom. The first kappa shape index (κ1) is 4.13. The minimum absolute atomic E-state index is 0.597. The van der Waals surface area contributed by atoms with Crippen LogP contribution in [0.1, 0.15) is 0 Å². The second kappa shape index (κ2) is 3.13. The largest absolute Gasteiger partial charge is 0.630 e. The van der Waals surface area contributed by atoms with Crippen LogP contribution in [0.15, 0.2) is 0 Å². The lowest BCUT2D eigenvalue weighted by atomic mass is 9.91. The minimum Gasteiger partial charge on any atom is -0.630 e. The van der Waals surface area contributed by atoms with E-state index in [4.69, 9.17) is 15.7 Å². The third-order valence-corrected chi connectivity index (χ3v) is 0.167. The van der Waals surface area contributed by atoms with Crippen molar-refractivity contribution in [3.63, 3.8) is 0 Å². The third kappa shape index (κ3) is 2.13. The van der Waals surface area contributed by atoms with E-state index >= 15 is 0 Å². The lowest BCUT2D eigenvalue weighted by Crippen LogP contribution is -1.60. The van der Waals surface area contributed by atoms with Gasteiger partial charge in [0.2, 0.25) is 0 Å². The highest BCUT2D eigenvalue weighted by Crippen LogP contribution is 1.70. The van der Waals surface area contributed by atoms with E-state index in [1.807, 2.05) is 0 Å². The molecule has 20 valence electrons. The summed E-state index contributed by atoms with van der Waals surface area (Å²) in [6, 6.07) is 0. The van der Waals surface area contributed by atoms with Crippen molar-refractivity contribution in [3.8, 4) is 0 Å². The molecule has 0 aliphatic heterocycles. The summed E-state index contributed by atoms with van der Waals surface area (Å²) < 4.78 is 0. The normalized spacial score (nSPS) is 7.50. The highest BCUT2D eigenvalue weighted by atomic mass is 13.4. The fourth-order valence-corrected chi connectivity index (χ4v) is 0. The van der Waals surface area contributed by atoms with Crippen LogP contribution < -0.4 is 0 Å². The van der Waals surface area contributed by atoms with Gasteiger partial charge in [-0.2, -0.15) is 0 Å². The molecule has 0 amide bonds. The van der Waals surface area contributed by atoms with Gasteiger partial charge in [-0.25, -0.2) is 0 Å². The Hall–Kier alpha value is 0.130. The van der Waals surface area contributed by atoms with Gasteiger partial charge in [-0.3, -0.25) is 0 Å². The Kier molecular flexibility index (Phi) is 3.23. The number of hydrogen-bond donors (Lipinski definition) is 0. The van der Waals surface area contributed by atoms with Crippen LogP contribution >= 0.6 is 0 Å². The summed E-state index contributed by atoms with van der Waals surface area (Å²) in [5.74, 6) is 0. The monoisotopic (exact) mass is 50.1 g/mol. The number of rotatable bonds is 1. The zero-order valence-electron chi connectivity index (χ0n) is 2.57. The Balaban J connectivity index is 1.97. The summed E-state index contributed by atoms with van der Waals surface area (Å²) in [6.07, 6.45) is 1.19. The molecule has 0 saturated carbocycles. The highest BCUT2D eigenvalue weighted by molar-refractivity contribution is 6.16. The Bertz CT molecular complexity index is 6.00. The van der Waals surface area contributed by atoms with Crippen molar-refractivity contribution in [2.45, 2.75) is 12.6 Å². The van der Waals surface area contributed by atoms with E-state index in [1.54, 1.807) is 0 Å². The molecule has 0 saturated heterocycles. The molecule has 0 unspecified atom stereocenters. The molecule has 0 bridgehead atoms. The zero-order valence-corrected chi connectivity index (χ0v) is 2.57. The van der Waals surface area contributed by atoms with Crippen LogP contribution in [0.4, 0.5) is 0 Å². The first-order chi connectivity index (χ1) is 1.91. The first-order valence-electron chi connectivity index (χ1n) is 1.32. The van der Waals surface area contributed by atoms with Gasteiger partial charge in [0.25, 0.3) is 0 Å². The second-order valence-electron chi connectivity index (χ2n) is 0.577. The van der Waals surface area contributed by atoms with Crippen LogP contribution in [-0.2, 0) is 0 Å². The summed E-state index contributed by atoms with van der Waals surface area (Å²) in [6.45, 7) is 0. The van der Waals surface area contributed by atoms with Crippen molar-refractivity contribution in [1.82, 2.24) is 0 Å². The summed E-state index contributed by atoms with van der Waals surface area (Å²) in [4.78, 5) is 0. The van der Waals surface area contributed by atoms with Gasteiger partial charge in [0.15, 0.2) is 0 Å². The fraction of sp³-hybridized carbons (Fsp3) is 1.00. The van der Waals surface area contributed by atoms with E-state index in [-0.39, 0.29) is 0 Å². The van der Waals surface area contributed by atoms with Crippen molar-refractivity contribution in [2.24, 2.45) is 0 Å². The van der Waals surface area contributed by atoms with Crippen molar-refractivity contribution < 1.29 is 0 Å². The molecule has 4 heavy (non-hydrogen) atoms. The maximum Gasteiger partial charge on any atom is -0.315 e. The molecule has 0 N–H and O–H groups in total. The topological polar surface area (TPSA) is 0 Å². The molecule has 0 heterocycles. The molecule has 0 atom stereocenters. The van der Waals surface area contributed by atoms with Gasteiger partial charge in [0, 0.05) is 0 Å². The van der Waals surface area contributed by atoms with Crippen LogP contribution in [0, 0.1) is 0 Å². The van der Waals surface area contributed by atoms with Crippen LogP contribution in [0.2, 0.25) is 12.6 Å². The molecular weight excluding hydrogens is 45.6 g/mol. The molecule has 0 aliphatic carbocycles. The average Bonchev–Trinajstić information content (AvgIpc) is 1.37. The van der Waals surface area contributed by atoms with Gasteiger partial charge in [0.05, 0.1) is 0 Å². The van der Waals surface area contributed by atoms with Gasteiger partial charge >= 0.3 is 0 Å². The van der Waals surface area contributed by atoms with Crippen LogP contribution in [0.3, 0.4) is 0 Å². The summed E-state index contributed by atoms with van der Waals surface area (Å²) in [7, 11) is 9.81. The lowest BCUT2D eigenvalue weighted by Gasteiger charge is -2.03. The van der Waals surface area contributed by atoms with Crippen LogP contribution in [0.25, 0.3) is 0 Å². The molecule has 0 aliphatic rings. The van der Waals surface area contributed by atoms with Gasteiger partial charge in [-0.05, 0) is 0 Å². The number of hydrogen-bond acceptors (Lipinski definition) is 0. The van der Waals surface area contributed by atoms with Crippen molar-refractivity contribution in [1.29, 1.82) is 0 Å². The quantitative estimate of drug-likeness (QED) is 0.371. The first-order valence-corrected chi connectivity index (χ1v) is 1.32. The summed E-state index contributed by atoms with van der Waals surface area (Å²) in [5.41, 5.74) is 0. The van der Waals surface area contributed by atoms with E-state index < -0.39 is 0 Å². The molecule has 0 spiro atoms. The Morgan fingerprint density at radius 2 is 1.25 bits per heavy atom. The molecular formula is C2H4B2-2. The standard InChI is InChI=1S/C2H4B2/c3-1-2-4/h1-2H2/q-2. The van der Waals surface area contributed by atoms with E-state index in [0.717, 1.165) is 0 Å². The van der Waals surface area contributed by atoms with E-state index in [9.17, 15) is 0 Å². The minimum atomic E-state index is 0.597. The molecule has 0 aromatic rings. The molecule has 0 rings (SSSR count). The summed E-state index contributed by atoms with van der Waals surface area (Å²) >= 11 is 0. The van der Waals surface area contributed by atoms with Gasteiger partial charge < -0.3 is 28.3 Å². The third-order valence-electron chi connectivity index (χ3n) is 0.167. The van der Waals surface area contributed by atoms with Crippen LogP contribution in [0.5, 0.6) is 0 Å². The zero-order chi connectivity index (χ0) is 3.41. The molecule has 0 aromatic heterocycles. The SMILES string of the molecule is [B-]CC[B-]. The highest BCUT2D eigenvalue weighted by Gasteiger charge is 1.23. The Morgan fingerprint density at radius 3 is 1.25 bits per heavy atom. The van der Waals surface area contributed by atoms with E-state index in [1.165, 1.54) is 0 Å². The summed E-state index contributed by atoms with van der Waals surface area (Å²) in [5, 5.41) is 0. The molecule has 6 radical (unpaired) electrons. The van der Waals surface area contributed by atoms with Crippen LogP contribution in [-0.4, -0.2) is 15.7 Å². The van der Waals surface area contributed by atoms with Gasteiger partial charge in [-0.15, -0.1) is 0 Å². The van der Waals surface area contributed by atoms with Crippen molar-refractivity contribution >= 4 is 15.7 Å². The molecule has 0 fully saturated rings. The van der Waals surface area contributed by atoms with E-state index in [2.05, 4.69) is 0 Å².